The number of hydrogen-bond acceptors (Lipinski definition) is 4. The fourth-order valence-corrected chi connectivity index (χ4v) is 2.09. The van der Waals surface area contributed by atoms with Gasteiger partial charge in [-0.05, 0) is 37.3 Å². The molecule has 110 valence electrons. The first-order valence-corrected chi connectivity index (χ1v) is 6.54. The molecule has 5 nitrogen and oxygen atoms in total. The lowest BCUT2D eigenvalue weighted by Gasteiger charge is -2.23. The zero-order valence-electron chi connectivity index (χ0n) is 11.6. The van der Waals surface area contributed by atoms with Gasteiger partial charge >= 0.3 is 0 Å². The summed E-state index contributed by atoms with van der Waals surface area (Å²) in [7, 11) is 0. The lowest BCUT2D eigenvalue weighted by Crippen LogP contribution is -2.22. The normalized spacial score (nSPS) is 10.4. The maximum absolute atomic E-state index is 13.0. The van der Waals surface area contributed by atoms with Gasteiger partial charge in [0.2, 0.25) is 0 Å². The Balaban J connectivity index is 2.28. The van der Waals surface area contributed by atoms with Gasteiger partial charge in [-0.25, -0.2) is 4.39 Å². The van der Waals surface area contributed by atoms with Crippen LogP contribution < -0.4 is 10.6 Å². The summed E-state index contributed by atoms with van der Waals surface area (Å²) < 4.78 is 13.0. The molecule has 0 heterocycles. The van der Waals surface area contributed by atoms with Crippen molar-refractivity contribution in [3.63, 3.8) is 0 Å². The summed E-state index contributed by atoms with van der Waals surface area (Å²) in [5.41, 5.74) is 7.91. The van der Waals surface area contributed by atoms with Gasteiger partial charge in [-0.3, -0.25) is 10.1 Å². The molecule has 2 aromatic carbocycles. The Kier molecular flexibility index (Phi) is 4.37. The molecule has 0 aliphatic heterocycles. The van der Waals surface area contributed by atoms with E-state index in [1.54, 1.807) is 12.1 Å². The quantitative estimate of drug-likeness (QED) is 0.520. The van der Waals surface area contributed by atoms with Crippen LogP contribution in [0.15, 0.2) is 42.5 Å². The van der Waals surface area contributed by atoms with Gasteiger partial charge in [0.15, 0.2) is 0 Å². The van der Waals surface area contributed by atoms with E-state index in [-0.39, 0.29) is 11.5 Å². The number of hydrogen-bond donors (Lipinski definition) is 1. The topological polar surface area (TPSA) is 72.4 Å². The first-order valence-electron chi connectivity index (χ1n) is 6.54. The Hall–Kier alpha value is -2.63. The second kappa shape index (κ2) is 6.21. The summed E-state index contributed by atoms with van der Waals surface area (Å²) in [6.45, 7) is 3.06. The highest BCUT2D eigenvalue weighted by Crippen LogP contribution is 2.24. The fraction of sp³-hybridized carbons (Fsp3) is 0.200. The van der Waals surface area contributed by atoms with Gasteiger partial charge < -0.3 is 10.6 Å². The van der Waals surface area contributed by atoms with E-state index in [9.17, 15) is 14.5 Å². The average molecular weight is 289 g/mol. The molecule has 0 saturated carbocycles. The summed E-state index contributed by atoms with van der Waals surface area (Å²) in [4.78, 5) is 12.4. The number of nitrogens with two attached hydrogens (primary N) is 1. The molecule has 0 spiro atoms. The molecule has 2 N–H and O–H groups in total. The second-order valence-electron chi connectivity index (χ2n) is 4.63. The lowest BCUT2D eigenvalue weighted by molar-refractivity contribution is -0.384. The van der Waals surface area contributed by atoms with Crippen LogP contribution in [0.4, 0.5) is 21.5 Å². The van der Waals surface area contributed by atoms with Crippen LogP contribution in [-0.2, 0) is 6.54 Å². The van der Waals surface area contributed by atoms with E-state index in [1.165, 1.54) is 30.3 Å². The third-order valence-corrected chi connectivity index (χ3v) is 3.27. The molecule has 2 aromatic rings. The molecule has 0 unspecified atom stereocenters. The van der Waals surface area contributed by atoms with Crippen molar-refractivity contribution >= 4 is 17.1 Å². The van der Waals surface area contributed by atoms with E-state index in [0.29, 0.717) is 24.3 Å². The van der Waals surface area contributed by atoms with Crippen molar-refractivity contribution in [2.75, 3.05) is 17.2 Å². The average Bonchev–Trinajstić information content (AvgIpc) is 2.47. The van der Waals surface area contributed by atoms with Crippen molar-refractivity contribution in [1.82, 2.24) is 0 Å². The molecule has 0 saturated heterocycles. The van der Waals surface area contributed by atoms with E-state index in [0.717, 1.165) is 5.69 Å². The maximum Gasteiger partial charge on any atom is 0.269 e. The molecular formula is C15H16FN3O2. The summed E-state index contributed by atoms with van der Waals surface area (Å²) >= 11 is 0. The number of halogens is 1. The van der Waals surface area contributed by atoms with Gasteiger partial charge in [-0.2, -0.15) is 0 Å². The van der Waals surface area contributed by atoms with Crippen LogP contribution >= 0.6 is 0 Å². The van der Waals surface area contributed by atoms with Crippen molar-refractivity contribution in [2.45, 2.75) is 13.5 Å². The van der Waals surface area contributed by atoms with Crippen molar-refractivity contribution < 1.29 is 9.31 Å². The minimum Gasteiger partial charge on any atom is -0.398 e. The molecular weight excluding hydrogens is 273 g/mol. The largest absolute Gasteiger partial charge is 0.398 e. The number of anilines is 2. The number of nitrogens with zero attached hydrogens (tertiary/aromatic N) is 2. The van der Waals surface area contributed by atoms with E-state index >= 15 is 0 Å². The Morgan fingerprint density at radius 3 is 2.48 bits per heavy atom. The van der Waals surface area contributed by atoms with Crippen LogP contribution in [0.1, 0.15) is 12.5 Å². The van der Waals surface area contributed by atoms with Gasteiger partial charge in [-0.15, -0.1) is 0 Å². The van der Waals surface area contributed by atoms with E-state index in [2.05, 4.69) is 0 Å². The van der Waals surface area contributed by atoms with Crippen LogP contribution in [-0.4, -0.2) is 11.5 Å². The fourth-order valence-electron chi connectivity index (χ4n) is 2.09. The van der Waals surface area contributed by atoms with Crippen molar-refractivity contribution in [3.8, 4) is 0 Å². The number of nitrogen functional groups attached to an aromatic ring is 1. The van der Waals surface area contributed by atoms with Crippen LogP contribution in [0.2, 0.25) is 0 Å². The number of benzene rings is 2. The third-order valence-electron chi connectivity index (χ3n) is 3.27. The molecule has 0 aromatic heterocycles. The molecule has 0 aliphatic carbocycles. The Labute approximate surface area is 122 Å². The summed E-state index contributed by atoms with van der Waals surface area (Å²) in [6.07, 6.45) is 0. The molecule has 21 heavy (non-hydrogen) atoms. The highest BCUT2D eigenvalue weighted by atomic mass is 19.1. The summed E-state index contributed by atoms with van der Waals surface area (Å²) in [6, 6.07) is 10.5. The Morgan fingerprint density at radius 1 is 1.24 bits per heavy atom. The predicted molar refractivity (Wildman–Crippen MR) is 80.6 cm³/mol. The molecule has 0 fully saturated rings. The summed E-state index contributed by atoms with van der Waals surface area (Å²) in [5, 5.41) is 10.8. The van der Waals surface area contributed by atoms with E-state index in [4.69, 9.17) is 5.73 Å². The minimum atomic E-state index is -0.447. The molecule has 6 heteroatoms. The van der Waals surface area contributed by atoms with Gasteiger partial charge in [0.1, 0.15) is 5.82 Å². The van der Waals surface area contributed by atoms with E-state index in [1.807, 2.05) is 11.8 Å². The molecule has 0 bridgehead atoms. The standard InChI is InChI=1S/C15H16FN3O2/c1-2-18(13-5-3-12(16)4-6-13)10-11-9-14(19(20)21)7-8-15(11)17/h3-9H,2,10,17H2,1H3. The van der Waals surface area contributed by atoms with E-state index < -0.39 is 4.92 Å². The smallest absolute Gasteiger partial charge is 0.269 e. The number of non-ortho nitro benzene ring substituents is 1. The predicted octanol–water partition coefficient (Wildman–Crippen LogP) is 3.34. The first kappa shape index (κ1) is 14.8. The van der Waals surface area contributed by atoms with Gasteiger partial charge in [0.25, 0.3) is 5.69 Å². The van der Waals surface area contributed by atoms with Gasteiger partial charge in [-0.1, -0.05) is 0 Å². The highest BCUT2D eigenvalue weighted by molar-refractivity contribution is 5.55. The van der Waals surface area contributed by atoms with Gasteiger partial charge in [0, 0.05) is 42.2 Å². The number of rotatable bonds is 5. The lowest BCUT2D eigenvalue weighted by atomic mass is 10.1. The molecule has 0 radical (unpaired) electrons. The molecule has 0 amide bonds. The monoisotopic (exact) mass is 289 g/mol. The van der Waals surface area contributed by atoms with Gasteiger partial charge in [0.05, 0.1) is 4.92 Å². The summed E-state index contributed by atoms with van der Waals surface area (Å²) in [5.74, 6) is -0.301. The van der Waals surface area contributed by atoms with Crippen molar-refractivity contribution in [2.24, 2.45) is 0 Å². The highest BCUT2D eigenvalue weighted by Gasteiger charge is 2.12. The minimum absolute atomic E-state index is 0.00867. The zero-order chi connectivity index (χ0) is 15.4. The van der Waals surface area contributed by atoms with Crippen LogP contribution in [0.3, 0.4) is 0 Å². The molecule has 0 atom stereocenters. The maximum atomic E-state index is 13.0. The first-order chi connectivity index (χ1) is 10.0. The number of nitro benzene ring substituents is 1. The third kappa shape index (κ3) is 3.47. The molecule has 0 aliphatic rings. The van der Waals surface area contributed by atoms with Crippen molar-refractivity contribution in [3.05, 3.63) is 64.0 Å². The van der Waals surface area contributed by atoms with Crippen molar-refractivity contribution in [1.29, 1.82) is 0 Å². The number of nitro groups is 1. The Morgan fingerprint density at radius 2 is 1.90 bits per heavy atom. The van der Waals surface area contributed by atoms with Crippen LogP contribution in [0, 0.1) is 15.9 Å². The van der Waals surface area contributed by atoms with Crippen LogP contribution in [0.5, 0.6) is 0 Å². The zero-order valence-corrected chi connectivity index (χ0v) is 11.6. The second-order valence-corrected chi connectivity index (χ2v) is 4.63. The van der Waals surface area contributed by atoms with Crippen LogP contribution in [0.25, 0.3) is 0 Å². The molecule has 2 rings (SSSR count). The Bertz CT molecular complexity index is 644. The SMILES string of the molecule is CCN(Cc1cc([N+](=O)[O-])ccc1N)c1ccc(F)cc1.